The van der Waals surface area contributed by atoms with Crippen LogP contribution in [-0.4, -0.2) is 37.0 Å². The van der Waals surface area contributed by atoms with Crippen molar-refractivity contribution in [3.8, 4) is 0 Å². The van der Waals surface area contributed by atoms with Crippen LogP contribution in [0.1, 0.15) is 46.5 Å². The minimum atomic E-state index is 0.358. The van der Waals surface area contributed by atoms with Gasteiger partial charge in [0.1, 0.15) is 0 Å². The number of amides is 1. The molecule has 1 heterocycles. The zero-order valence-corrected chi connectivity index (χ0v) is 11.7. The molecule has 1 N–H and O–H groups in total. The highest BCUT2D eigenvalue weighted by Crippen LogP contribution is 2.18. The molecule has 1 fully saturated rings. The van der Waals surface area contributed by atoms with Gasteiger partial charge >= 0.3 is 0 Å². The first-order valence-corrected chi connectivity index (χ1v) is 7.12. The molecule has 0 aromatic rings. The third kappa shape index (κ3) is 5.53. The lowest BCUT2D eigenvalue weighted by Crippen LogP contribution is -2.37. The second-order valence-corrected chi connectivity index (χ2v) is 5.58. The lowest BCUT2D eigenvalue weighted by molar-refractivity contribution is -0.131. The Labute approximate surface area is 106 Å². The molecular formula is C14H28N2O. The minimum absolute atomic E-state index is 0.358. The molecule has 0 aromatic heterocycles. The van der Waals surface area contributed by atoms with Crippen molar-refractivity contribution in [1.82, 2.24) is 10.2 Å². The number of nitrogens with one attached hydrogen (secondary N) is 1. The summed E-state index contributed by atoms with van der Waals surface area (Å²) in [5, 5.41) is 3.43. The summed E-state index contributed by atoms with van der Waals surface area (Å²) in [5.74, 6) is 1.62. The fraction of sp³-hybridized carbons (Fsp3) is 0.929. The molecule has 0 aromatic carbocycles. The highest BCUT2D eigenvalue weighted by Gasteiger charge is 2.21. The van der Waals surface area contributed by atoms with Crippen LogP contribution in [0.25, 0.3) is 0 Å². The van der Waals surface area contributed by atoms with Gasteiger partial charge < -0.3 is 10.2 Å². The van der Waals surface area contributed by atoms with E-state index in [0.717, 1.165) is 39.0 Å². The predicted molar refractivity (Wildman–Crippen MR) is 71.9 cm³/mol. The molecule has 1 aliphatic heterocycles. The molecule has 0 aliphatic carbocycles. The molecule has 1 rings (SSSR count). The summed E-state index contributed by atoms with van der Waals surface area (Å²) in [6.45, 7) is 10.6. The van der Waals surface area contributed by atoms with Crippen LogP contribution >= 0.6 is 0 Å². The number of carbonyl (C=O) groups is 1. The van der Waals surface area contributed by atoms with E-state index in [4.69, 9.17) is 0 Å². The van der Waals surface area contributed by atoms with E-state index in [1.807, 2.05) is 0 Å². The van der Waals surface area contributed by atoms with Crippen LogP contribution in [0.2, 0.25) is 0 Å². The van der Waals surface area contributed by atoms with Gasteiger partial charge in [-0.1, -0.05) is 20.8 Å². The van der Waals surface area contributed by atoms with Crippen molar-refractivity contribution >= 4 is 5.91 Å². The average molecular weight is 240 g/mol. The number of hydrogen-bond donors (Lipinski definition) is 1. The minimum Gasteiger partial charge on any atom is -0.342 e. The number of nitrogens with zero attached hydrogens (tertiary/aromatic N) is 1. The Kier molecular flexibility index (Phi) is 6.56. The Hall–Kier alpha value is -0.570. The molecule has 100 valence electrons. The molecule has 0 spiro atoms. The first kappa shape index (κ1) is 14.5. The zero-order chi connectivity index (χ0) is 12.7. The van der Waals surface area contributed by atoms with Gasteiger partial charge in [-0.05, 0) is 44.2 Å². The van der Waals surface area contributed by atoms with Crippen LogP contribution in [0.4, 0.5) is 0 Å². The van der Waals surface area contributed by atoms with Crippen LogP contribution in [0.5, 0.6) is 0 Å². The fourth-order valence-electron chi connectivity index (χ4n) is 2.33. The average Bonchev–Trinajstić information content (AvgIpc) is 2.45. The van der Waals surface area contributed by atoms with Crippen LogP contribution in [0.15, 0.2) is 0 Å². The van der Waals surface area contributed by atoms with Crippen molar-refractivity contribution in [2.45, 2.75) is 46.5 Å². The first-order chi connectivity index (χ1) is 8.13. The molecule has 0 radical (unpaired) electrons. The number of carbonyl (C=O) groups excluding carboxylic acids is 1. The molecule has 2 unspecified atom stereocenters. The fourth-order valence-corrected chi connectivity index (χ4v) is 2.33. The largest absolute Gasteiger partial charge is 0.342 e. The molecule has 0 bridgehead atoms. The molecule has 17 heavy (non-hydrogen) atoms. The molecule has 2 atom stereocenters. The van der Waals surface area contributed by atoms with Gasteiger partial charge in [0, 0.05) is 19.5 Å². The topological polar surface area (TPSA) is 32.3 Å². The van der Waals surface area contributed by atoms with Crippen molar-refractivity contribution in [1.29, 1.82) is 0 Å². The Morgan fingerprint density at radius 3 is 2.94 bits per heavy atom. The molecule has 0 saturated carbocycles. The Balaban J connectivity index is 2.30. The molecule has 1 saturated heterocycles. The summed E-state index contributed by atoms with van der Waals surface area (Å²) in [6, 6.07) is 0. The molecule has 1 aliphatic rings. The number of rotatable bonds is 6. The lowest BCUT2D eigenvalue weighted by atomic mass is 10.0. The van der Waals surface area contributed by atoms with E-state index in [2.05, 4.69) is 31.0 Å². The smallest absolute Gasteiger partial charge is 0.222 e. The van der Waals surface area contributed by atoms with E-state index in [1.165, 1.54) is 12.8 Å². The maximum Gasteiger partial charge on any atom is 0.222 e. The standard InChI is InChI=1S/C14H28N2O/c1-4-8-15-10-13(3)11-16-9-7-12(2)5-6-14(16)17/h12-13,15H,4-11H2,1-3H3. The summed E-state index contributed by atoms with van der Waals surface area (Å²) in [7, 11) is 0. The normalized spacial score (nSPS) is 23.6. The molecule has 3 nitrogen and oxygen atoms in total. The van der Waals surface area contributed by atoms with Gasteiger partial charge in [0.2, 0.25) is 5.91 Å². The first-order valence-electron chi connectivity index (χ1n) is 7.12. The highest BCUT2D eigenvalue weighted by atomic mass is 16.2. The highest BCUT2D eigenvalue weighted by molar-refractivity contribution is 5.76. The van der Waals surface area contributed by atoms with E-state index in [0.29, 0.717) is 17.7 Å². The lowest BCUT2D eigenvalue weighted by Gasteiger charge is -2.24. The molecular weight excluding hydrogens is 212 g/mol. The van der Waals surface area contributed by atoms with Crippen LogP contribution in [-0.2, 0) is 4.79 Å². The van der Waals surface area contributed by atoms with Crippen LogP contribution in [0, 0.1) is 11.8 Å². The Morgan fingerprint density at radius 1 is 1.47 bits per heavy atom. The van der Waals surface area contributed by atoms with Gasteiger partial charge in [0.15, 0.2) is 0 Å². The third-order valence-corrected chi connectivity index (χ3v) is 3.55. The summed E-state index contributed by atoms with van der Waals surface area (Å²) in [4.78, 5) is 14.0. The van der Waals surface area contributed by atoms with E-state index in [1.54, 1.807) is 0 Å². The monoisotopic (exact) mass is 240 g/mol. The quantitative estimate of drug-likeness (QED) is 0.722. The number of likely N-dealkylation sites (tertiary alicyclic amines) is 1. The van der Waals surface area contributed by atoms with E-state index in [-0.39, 0.29) is 0 Å². The zero-order valence-electron chi connectivity index (χ0n) is 11.7. The van der Waals surface area contributed by atoms with Crippen molar-refractivity contribution < 1.29 is 4.79 Å². The van der Waals surface area contributed by atoms with Gasteiger partial charge in [0.05, 0.1) is 0 Å². The molecule has 1 amide bonds. The van der Waals surface area contributed by atoms with Gasteiger partial charge in [-0.2, -0.15) is 0 Å². The second kappa shape index (κ2) is 7.70. The summed E-state index contributed by atoms with van der Waals surface area (Å²) in [6.07, 6.45) is 4.15. The predicted octanol–water partition coefficient (Wildman–Crippen LogP) is 2.27. The van der Waals surface area contributed by atoms with Crippen LogP contribution < -0.4 is 5.32 Å². The van der Waals surface area contributed by atoms with E-state index in [9.17, 15) is 4.79 Å². The summed E-state index contributed by atoms with van der Waals surface area (Å²) < 4.78 is 0. The summed E-state index contributed by atoms with van der Waals surface area (Å²) >= 11 is 0. The maximum atomic E-state index is 11.9. The van der Waals surface area contributed by atoms with Crippen LogP contribution in [0.3, 0.4) is 0 Å². The van der Waals surface area contributed by atoms with E-state index < -0.39 is 0 Å². The Morgan fingerprint density at radius 2 is 2.24 bits per heavy atom. The molecule has 3 heteroatoms. The second-order valence-electron chi connectivity index (χ2n) is 5.58. The number of hydrogen-bond acceptors (Lipinski definition) is 2. The van der Waals surface area contributed by atoms with Gasteiger partial charge in [-0.3, -0.25) is 4.79 Å². The van der Waals surface area contributed by atoms with Gasteiger partial charge in [-0.25, -0.2) is 0 Å². The van der Waals surface area contributed by atoms with E-state index >= 15 is 0 Å². The maximum absolute atomic E-state index is 11.9. The van der Waals surface area contributed by atoms with Crippen molar-refractivity contribution in [3.63, 3.8) is 0 Å². The Bertz CT molecular complexity index is 230. The third-order valence-electron chi connectivity index (χ3n) is 3.55. The van der Waals surface area contributed by atoms with Crippen molar-refractivity contribution in [3.05, 3.63) is 0 Å². The van der Waals surface area contributed by atoms with Gasteiger partial charge in [0.25, 0.3) is 0 Å². The van der Waals surface area contributed by atoms with Crippen molar-refractivity contribution in [2.75, 3.05) is 26.2 Å². The van der Waals surface area contributed by atoms with Gasteiger partial charge in [-0.15, -0.1) is 0 Å². The SMILES string of the molecule is CCCNCC(C)CN1CCC(C)CCC1=O. The summed E-state index contributed by atoms with van der Waals surface area (Å²) in [5.41, 5.74) is 0. The van der Waals surface area contributed by atoms with Crippen molar-refractivity contribution in [2.24, 2.45) is 11.8 Å².